The number of aryl methyl sites for hydroxylation is 1. The summed E-state index contributed by atoms with van der Waals surface area (Å²) in [5, 5.41) is 15.5. The maximum Gasteiger partial charge on any atom is 0.339 e. The number of fused-ring (bicyclic) bond motifs is 1. The molecule has 2 aromatic heterocycles. The van der Waals surface area contributed by atoms with Crippen molar-refractivity contribution in [1.29, 1.82) is 0 Å². The quantitative estimate of drug-likeness (QED) is 0.787. The summed E-state index contributed by atoms with van der Waals surface area (Å²) in [6.45, 7) is 0. The van der Waals surface area contributed by atoms with Gasteiger partial charge in [0.15, 0.2) is 5.82 Å². The average molecular weight is 286 g/mol. The second-order valence-electron chi connectivity index (χ2n) is 5.72. The molecule has 0 amide bonds. The predicted octanol–water partition coefficient (Wildman–Crippen LogP) is 1.30. The summed E-state index contributed by atoms with van der Waals surface area (Å²) in [7, 11) is 0. The molecule has 108 valence electrons. The zero-order valence-electron chi connectivity index (χ0n) is 11.2. The molecular weight excluding hydrogens is 272 g/mol. The maximum atomic E-state index is 12.4. The molecule has 2 aliphatic carbocycles. The molecule has 7 nitrogen and oxygen atoms in total. The Hall–Kier alpha value is -2.44. The molecule has 1 atom stereocenters. The molecule has 0 spiro atoms. The van der Waals surface area contributed by atoms with Crippen LogP contribution in [0, 0.1) is 5.92 Å². The standard InChI is InChI=1S/C14H14N4O3/c19-13-10-7(6-1-2-6)3-4-9(10)16-12(17-13)11-8(14(20)21)5-15-18-11/h5-7H,1-4H2,(H,15,18)(H,20,21)(H,16,17,19)/t7-/m0/s1. The van der Waals surface area contributed by atoms with E-state index in [9.17, 15) is 9.59 Å². The van der Waals surface area contributed by atoms with Crippen LogP contribution in [0.1, 0.15) is 46.8 Å². The molecule has 4 rings (SSSR count). The molecule has 2 heterocycles. The Morgan fingerprint density at radius 1 is 1.33 bits per heavy atom. The summed E-state index contributed by atoms with van der Waals surface area (Å²) in [4.78, 5) is 30.7. The summed E-state index contributed by atoms with van der Waals surface area (Å²) in [6, 6.07) is 0. The average Bonchev–Trinajstić information content (AvgIpc) is 3.02. The highest BCUT2D eigenvalue weighted by atomic mass is 16.4. The Bertz CT molecular complexity index is 788. The molecule has 0 unspecified atom stereocenters. The van der Waals surface area contributed by atoms with Gasteiger partial charge in [-0.1, -0.05) is 0 Å². The Kier molecular flexibility index (Phi) is 2.51. The fourth-order valence-electron chi connectivity index (χ4n) is 3.26. The van der Waals surface area contributed by atoms with Gasteiger partial charge >= 0.3 is 5.97 Å². The summed E-state index contributed by atoms with van der Waals surface area (Å²) in [5.41, 5.74) is 1.72. The lowest BCUT2D eigenvalue weighted by molar-refractivity contribution is 0.0697. The highest BCUT2D eigenvalue weighted by Gasteiger charge is 2.39. The van der Waals surface area contributed by atoms with Gasteiger partial charge in [-0.15, -0.1) is 0 Å². The van der Waals surface area contributed by atoms with Gasteiger partial charge < -0.3 is 10.1 Å². The van der Waals surface area contributed by atoms with Crippen molar-refractivity contribution in [1.82, 2.24) is 20.2 Å². The minimum absolute atomic E-state index is 0.00911. The monoisotopic (exact) mass is 286 g/mol. The van der Waals surface area contributed by atoms with E-state index in [1.54, 1.807) is 0 Å². The van der Waals surface area contributed by atoms with Crippen LogP contribution in [0.15, 0.2) is 11.0 Å². The van der Waals surface area contributed by atoms with Crippen molar-refractivity contribution in [3.63, 3.8) is 0 Å². The van der Waals surface area contributed by atoms with Gasteiger partial charge in [0.1, 0.15) is 11.3 Å². The number of H-pyrrole nitrogens is 2. The number of carboxylic acid groups (broad SMARTS) is 1. The van der Waals surface area contributed by atoms with E-state index in [2.05, 4.69) is 20.2 Å². The number of rotatable bonds is 3. The second-order valence-corrected chi connectivity index (χ2v) is 5.72. The van der Waals surface area contributed by atoms with Crippen LogP contribution < -0.4 is 5.56 Å². The molecular formula is C14H14N4O3. The highest BCUT2D eigenvalue weighted by Crippen LogP contribution is 2.47. The van der Waals surface area contributed by atoms with E-state index in [1.807, 2.05) is 0 Å². The summed E-state index contributed by atoms with van der Waals surface area (Å²) in [5.74, 6) is 0.107. The fourth-order valence-corrected chi connectivity index (χ4v) is 3.26. The first kappa shape index (κ1) is 12.3. The molecule has 1 saturated carbocycles. The van der Waals surface area contributed by atoms with Gasteiger partial charge in [0, 0.05) is 5.56 Å². The van der Waals surface area contributed by atoms with E-state index in [1.165, 1.54) is 19.0 Å². The first-order chi connectivity index (χ1) is 10.1. The number of hydrogen-bond acceptors (Lipinski definition) is 4. The Labute approximate surface area is 119 Å². The molecule has 0 aliphatic heterocycles. The van der Waals surface area contributed by atoms with Gasteiger partial charge in [0.2, 0.25) is 0 Å². The van der Waals surface area contributed by atoms with Crippen LogP contribution in [0.25, 0.3) is 11.5 Å². The molecule has 21 heavy (non-hydrogen) atoms. The number of aromatic amines is 2. The molecule has 3 N–H and O–H groups in total. The smallest absolute Gasteiger partial charge is 0.339 e. The van der Waals surface area contributed by atoms with Crippen LogP contribution in [0.5, 0.6) is 0 Å². The second kappa shape index (κ2) is 4.28. The Morgan fingerprint density at radius 3 is 2.86 bits per heavy atom. The van der Waals surface area contributed by atoms with Crippen LogP contribution >= 0.6 is 0 Å². The van der Waals surface area contributed by atoms with Gasteiger partial charge in [0.05, 0.1) is 11.9 Å². The summed E-state index contributed by atoms with van der Waals surface area (Å²) >= 11 is 0. The van der Waals surface area contributed by atoms with Gasteiger partial charge in [-0.25, -0.2) is 9.78 Å². The van der Waals surface area contributed by atoms with Crippen LogP contribution in [0.3, 0.4) is 0 Å². The van der Waals surface area contributed by atoms with E-state index >= 15 is 0 Å². The number of carboxylic acids is 1. The number of carbonyl (C=O) groups is 1. The minimum Gasteiger partial charge on any atom is -0.478 e. The Morgan fingerprint density at radius 2 is 2.14 bits per heavy atom. The fraction of sp³-hybridized carbons (Fsp3) is 0.429. The zero-order chi connectivity index (χ0) is 14.6. The van der Waals surface area contributed by atoms with E-state index in [0.29, 0.717) is 11.8 Å². The van der Waals surface area contributed by atoms with Crippen LogP contribution in [-0.2, 0) is 6.42 Å². The summed E-state index contributed by atoms with van der Waals surface area (Å²) < 4.78 is 0. The van der Waals surface area contributed by atoms with Gasteiger partial charge in [-0.3, -0.25) is 9.89 Å². The summed E-state index contributed by atoms with van der Waals surface area (Å²) in [6.07, 6.45) is 5.35. The number of hydrogen-bond donors (Lipinski definition) is 3. The van der Waals surface area contributed by atoms with Crippen molar-refractivity contribution >= 4 is 5.97 Å². The predicted molar refractivity (Wildman–Crippen MR) is 73.2 cm³/mol. The lowest BCUT2D eigenvalue weighted by Gasteiger charge is -2.08. The third-order valence-electron chi connectivity index (χ3n) is 4.39. The molecule has 0 saturated heterocycles. The molecule has 0 aromatic carbocycles. The third-order valence-corrected chi connectivity index (χ3v) is 4.39. The lowest BCUT2D eigenvalue weighted by atomic mass is 9.98. The molecule has 1 fully saturated rings. The van der Waals surface area contributed by atoms with E-state index in [0.717, 1.165) is 24.1 Å². The van der Waals surface area contributed by atoms with Crippen molar-refractivity contribution in [2.75, 3.05) is 0 Å². The van der Waals surface area contributed by atoms with Crippen LogP contribution in [0.2, 0.25) is 0 Å². The third kappa shape index (κ3) is 1.88. The van der Waals surface area contributed by atoms with Crippen molar-refractivity contribution in [3.05, 3.63) is 33.4 Å². The Balaban J connectivity index is 1.82. The molecule has 7 heteroatoms. The number of nitrogens with zero attached hydrogens (tertiary/aromatic N) is 2. The van der Waals surface area contributed by atoms with Crippen LogP contribution in [0.4, 0.5) is 0 Å². The topological polar surface area (TPSA) is 112 Å². The SMILES string of the molecule is O=C(O)c1cn[nH]c1-c1nc2c(c(=O)[nH]1)[C@H](C1CC1)CC2. The van der Waals surface area contributed by atoms with Crippen LogP contribution in [-0.4, -0.2) is 31.2 Å². The molecule has 0 bridgehead atoms. The minimum atomic E-state index is -1.10. The normalized spacial score (nSPS) is 20.5. The zero-order valence-corrected chi connectivity index (χ0v) is 11.2. The molecule has 0 radical (unpaired) electrons. The number of aromatic nitrogens is 4. The van der Waals surface area contributed by atoms with Crippen molar-refractivity contribution < 1.29 is 9.90 Å². The molecule has 2 aromatic rings. The number of nitrogens with one attached hydrogen (secondary N) is 2. The van der Waals surface area contributed by atoms with Gasteiger partial charge in [-0.05, 0) is 37.5 Å². The van der Waals surface area contributed by atoms with Crippen molar-refractivity contribution in [2.45, 2.75) is 31.6 Å². The van der Waals surface area contributed by atoms with Gasteiger partial charge in [-0.2, -0.15) is 5.10 Å². The lowest BCUT2D eigenvalue weighted by Crippen LogP contribution is -2.18. The van der Waals surface area contributed by atoms with E-state index < -0.39 is 5.97 Å². The van der Waals surface area contributed by atoms with Gasteiger partial charge in [0.25, 0.3) is 5.56 Å². The van der Waals surface area contributed by atoms with Crippen molar-refractivity contribution in [2.24, 2.45) is 5.92 Å². The highest BCUT2D eigenvalue weighted by molar-refractivity contribution is 5.93. The first-order valence-electron chi connectivity index (χ1n) is 7.05. The maximum absolute atomic E-state index is 12.4. The number of aromatic carboxylic acids is 1. The molecule has 2 aliphatic rings. The first-order valence-corrected chi connectivity index (χ1v) is 7.05. The largest absolute Gasteiger partial charge is 0.478 e. The van der Waals surface area contributed by atoms with E-state index in [4.69, 9.17) is 5.11 Å². The van der Waals surface area contributed by atoms with Crippen molar-refractivity contribution in [3.8, 4) is 11.5 Å². The van der Waals surface area contributed by atoms with E-state index in [-0.39, 0.29) is 22.6 Å².